The van der Waals surface area contributed by atoms with Gasteiger partial charge in [-0.05, 0) is 35.5 Å². The predicted octanol–water partition coefficient (Wildman–Crippen LogP) is 4.36. The van der Waals surface area contributed by atoms with Gasteiger partial charge in [0.1, 0.15) is 10.1 Å². The zero-order chi connectivity index (χ0) is 16.1. The van der Waals surface area contributed by atoms with E-state index >= 15 is 0 Å². The van der Waals surface area contributed by atoms with E-state index < -0.39 is 0 Å². The number of ether oxygens (including phenoxy) is 2. The normalized spacial score (nSPS) is 15.9. The third-order valence-corrected chi connectivity index (χ3v) is 5.41. The first-order chi connectivity index (χ1) is 10.6. The highest BCUT2D eigenvalue weighted by Gasteiger charge is 2.22. The SMILES string of the molecule is C=CCSC1=N/C(=C/c2cc(OC)c(OC)cc2Br)C(=O)S1. The molecular weight excluding hydrogens is 386 g/mol. The number of hydrogen-bond acceptors (Lipinski definition) is 6. The van der Waals surface area contributed by atoms with Crippen molar-refractivity contribution in [1.29, 1.82) is 0 Å². The van der Waals surface area contributed by atoms with Crippen LogP contribution in [0.4, 0.5) is 0 Å². The molecule has 0 saturated heterocycles. The van der Waals surface area contributed by atoms with Crippen LogP contribution in [0.1, 0.15) is 5.56 Å². The minimum Gasteiger partial charge on any atom is -0.493 e. The number of nitrogens with zero attached hydrogens (tertiary/aromatic N) is 1. The van der Waals surface area contributed by atoms with Crippen LogP contribution in [0.5, 0.6) is 11.5 Å². The summed E-state index contributed by atoms with van der Waals surface area (Å²) in [7, 11) is 3.15. The predicted molar refractivity (Wildman–Crippen MR) is 97.9 cm³/mol. The number of benzene rings is 1. The third kappa shape index (κ3) is 3.97. The van der Waals surface area contributed by atoms with Crippen LogP contribution < -0.4 is 9.47 Å². The molecule has 0 saturated carbocycles. The molecule has 0 unspecified atom stereocenters. The molecule has 0 bridgehead atoms. The fourth-order valence-corrected chi connectivity index (χ4v) is 3.75. The van der Waals surface area contributed by atoms with Crippen molar-refractivity contribution in [3.63, 3.8) is 0 Å². The Morgan fingerprint density at radius 1 is 1.36 bits per heavy atom. The molecule has 0 aromatic heterocycles. The molecule has 1 aliphatic heterocycles. The summed E-state index contributed by atoms with van der Waals surface area (Å²) in [6.45, 7) is 3.66. The molecule has 1 aliphatic rings. The molecule has 0 amide bonds. The lowest BCUT2D eigenvalue weighted by atomic mass is 10.1. The van der Waals surface area contributed by atoms with E-state index in [2.05, 4.69) is 27.5 Å². The summed E-state index contributed by atoms with van der Waals surface area (Å²) in [5.41, 5.74) is 1.23. The maximum atomic E-state index is 12.0. The number of methoxy groups -OCH3 is 2. The highest BCUT2D eigenvalue weighted by atomic mass is 79.9. The first-order valence-electron chi connectivity index (χ1n) is 6.26. The Kier molecular flexibility index (Phi) is 6.16. The molecule has 1 aromatic rings. The lowest BCUT2D eigenvalue weighted by molar-refractivity contribution is -0.107. The average Bonchev–Trinajstić information content (AvgIpc) is 2.86. The van der Waals surface area contributed by atoms with Gasteiger partial charge in [0.05, 0.1) is 14.2 Å². The summed E-state index contributed by atoms with van der Waals surface area (Å²) in [6, 6.07) is 3.60. The Hall–Kier alpha value is -1.18. The van der Waals surface area contributed by atoms with Gasteiger partial charge in [-0.25, -0.2) is 4.99 Å². The highest BCUT2D eigenvalue weighted by Crippen LogP contribution is 2.36. The lowest BCUT2D eigenvalue weighted by Crippen LogP contribution is -1.93. The minimum atomic E-state index is -0.0618. The fraction of sp³-hybridized carbons (Fsp3) is 0.200. The van der Waals surface area contributed by atoms with Crippen LogP contribution in [0, 0.1) is 0 Å². The van der Waals surface area contributed by atoms with Gasteiger partial charge in [0.15, 0.2) is 11.5 Å². The molecule has 2 rings (SSSR count). The molecule has 22 heavy (non-hydrogen) atoms. The van der Waals surface area contributed by atoms with Crippen molar-refractivity contribution in [2.45, 2.75) is 0 Å². The van der Waals surface area contributed by atoms with Crippen molar-refractivity contribution < 1.29 is 14.3 Å². The van der Waals surface area contributed by atoms with Crippen LogP contribution in [0.2, 0.25) is 0 Å². The molecule has 0 aliphatic carbocycles. The number of rotatable bonds is 5. The van der Waals surface area contributed by atoms with E-state index in [9.17, 15) is 4.79 Å². The Bertz CT molecular complexity index is 671. The molecule has 1 heterocycles. The maximum Gasteiger partial charge on any atom is 0.244 e. The molecule has 0 fully saturated rings. The number of carbonyl (C=O) groups excluding carboxylic acids is 1. The lowest BCUT2D eigenvalue weighted by Gasteiger charge is -2.09. The van der Waals surface area contributed by atoms with Gasteiger partial charge < -0.3 is 9.47 Å². The molecule has 4 nitrogen and oxygen atoms in total. The Morgan fingerprint density at radius 2 is 2.05 bits per heavy atom. The summed E-state index contributed by atoms with van der Waals surface area (Å²) in [5.74, 6) is 1.95. The highest BCUT2D eigenvalue weighted by molar-refractivity contribution is 9.10. The third-order valence-electron chi connectivity index (χ3n) is 2.72. The van der Waals surface area contributed by atoms with Crippen molar-refractivity contribution in [2.24, 2.45) is 4.99 Å². The second kappa shape index (κ2) is 7.89. The van der Waals surface area contributed by atoms with E-state index in [1.807, 2.05) is 0 Å². The van der Waals surface area contributed by atoms with Crippen LogP contribution in [0.3, 0.4) is 0 Å². The van der Waals surface area contributed by atoms with Crippen LogP contribution in [-0.2, 0) is 4.79 Å². The first-order valence-corrected chi connectivity index (χ1v) is 8.86. The van der Waals surface area contributed by atoms with Crippen LogP contribution >= 0.6 is 39.5 Å². The minimum absolute atomic E-state index is 0.0618. The molecule has 0 N–H and O–H groups in total. The topological polar surface area (TPSA) is 47.9 Å². The van der Waals surface area contributed by atoms with Crippen molar-refractivity contribution >= 4 is 55.0 Å². The van der Waals surface area contributed by atoms with E-state index in [-0.39, 0.29) is 5.12 Å². The Morgan fingerprint density at radius 3 is 2.68 bits per heavy atom. The zero-order valence-electron chi connectivity index (χ0n) is 12.1. The van der Waals surface area contributed by atoms with Crippen LogP contribution in [0.15, 0.2) is 39.9 Å². The van der Waals surface area contributed by atoms with E-state index in [4.69, 9.17) is 9.47 Å². The summed E-state index contributed by atoms with van der Waals surface area (Å²) in [4.78, 5) is 16.4. The van der Waals surface area contributed by atoms with E-state index in [0.29, 0.717) is 17.2 Å². The first kappa shape index (κ1) is 17.2. The molecular formula is C15H14BrNO3S2. The Balaban J connectivity index is 2.34. The average molecular weight is 400 g/mol. The van der Waals surface area contributed by atoms with Gasteiger partial charge in [-0.1, -0.05) is 33.8 Å². The van der Waals surface area contributed by atoms with Crippen LogP contribution in [-0.4, -0.2) is 29.5 Å². The van der Waals surface area contributed by atoms with Crippen molar-refractivity contribution in [3.05, 3.63) is 40.5 Å². The van der Waals surface area contributed by atoms with Crippen molar-refractivity contribution in [1.82, 2.24) is 0 Å². The summed E-state index contributed by atoms with van der Waals surface area (Å²) in [5, 5.41) is -0.0618. The maximum absolute atomic E-state index is 12.0. The number of hydrogen-bond donors (Lipinski definition) is 0. The van der Waals surface area contributed by atoms with Gasteiger partial charge in [-0.15, -0.1) is 6.58 Å². The number of thioether (sulfide) groups is 2. The molecule has 1 aromatic carbocycles. The second-order valence-corrected chi connectivity index (χ2v) is 7.21. The summed E-state index contributed by atoms with van der Waals surface area (Å²) in [6.07, 6.45) is 3.52. The molecule has 0 atom stereocenters. The van der Waals surface area contributed by atoms with Gasteiger partial charge in [-0.3, -0.25) is 4.79 Å². The van der Waals surface area contributed by atoms with Gasteiger partial charge >= 0.3 is 0 Å². The monoisotopic (exact) mass is 399 g/mol. The molecule has 116 valence electrons. The van der Waals surface area contributed by atoms with Gasteiger partial charge in [-0.2, -0.15) is 0 Å². The second-order valence-electron chi connectivity index (χ2n) is 4.13. The molecule has 7 heteroatoms. The van der Waals surface area contributed by atoms with E-state index in [1.54, 1.807) is 38.5 Å². The van der Waals surface area contributed by atoms with E-state index in [0.717, 1.165) is 31.9 Å². The number of halogens is 1. The molecule has 0 spiro atoms. The van der Waals surface area contributed by atoms with Gasteiger partial charge in [0, 0.05) is 10.2 Å². The number of carbonyl (C=O) groups is 1. The Labute approximate surface area is 146 Å². The summed E-state index contributed by atoms with van der Waals surface area (Å²) < 4.78 is 12.1. The largest absolute Gasteiger partial charge is 0.493 e. The quantitative estimate of drug-likeness (QED) is 0.543. The van der Waals surface area contributed by atoms with Gasteiger partial charge in [0.2, 0.25) is 5.12 Å². The fourth-order valence-electron chi connectivity index (χ4n) is 1.71. The molecule has 0 radical (unpaired) electrons. The van der Waals surface area contributed by atoms with Crippen molar-refractivity contribution in [3.8, 4) is 11.5 Å². The smallest absolute Gasteiger partial charge is 0.244 e. The van der Waals surface area contributed by atoms with E-state index in [1.165, 1.54) is 11.8 Å². The standard InChI is InChI=1S/C15H14BrNO3S2/c1-4-5-21-15-17-11(14(18)22-15)6-9-7-12(19-2)13(20-3)8-10(9)16/h4,6-8H,1,5H2,2-3H3/b11-6+. The van der Waals surface area contributed by atoms with Crippen molar-refractivity contribution in [2.75, 3.05) is 20.0 Å². The number of aliphatic imine (C=N–C) groups is 1. The van der Waals surface area contributed by atoms with Gasteiger partial charge in [0.25, 0.3) is 0 Å². The zero-order valence-corrected chi connectivity index (χ0v) is 15.3. The van der Waals surface area contributed by atoms with Crippen LogP contribution in [0.25, 0.3) is 6.08 Å². The summed E-state index contributed by atoms with van der Waals surface area (Å²) >= 11 is 6.11.